The summed E-state index contributed by atoms with van der Waals surface area (Å²) in [5.74, 6) is -3.31. The van der Waals surface area contributed by atoms with Crippen LogP contribution in [0.4, 0.5) is 4.39 Å². The number of hydrogen-bond donors (Lipinski definition) is 1. The number of alkyl halides is 1. The van der Waals surface area contributed by atoms with Crippen molar-refractivity contribution in [1.29, 1.82) is 0 Å². The lowest BCUT2D eigenvalue weighted by molar-refractivity contribution is -0.228. The summed E-state index contributed by atoms with van der Waals surface area (Å²) in [6.45, 7) is 8.05. The van der Waals surface area contributed by atoms with Gasteiger partial charge in [0.2, 0.25) is 5.78 Å². The van der Waals surface area contributed by atoms with Crippen LogP contribution in [0.25, 0.3) is 0 Å². The highest BCUT2D eigenvalue weighted by Gasteiger charge is 2.77. The highest BCUT2D eigenvalue weighted by Crippen LogP contribution is 2.71. The van der Waals surface area contributed by atoms with Crippen LogP contribution in [0.1, 0.15) is 73.1 Å². The van der Waals surface area contributed by atoms with Gasteiger partial charge in [0.1, 0.15) is 0 Å². The first kappa shape index (κ1) is 26.7. The van der Waals surface area contributed by atoms with Crippen LogP contribution in [0.15, 0.2) is 23.8 Å². The summed E-state index contributed by atoms with van der Waals surface area (Å²) in [5.41, 5.74) is -5.26. The van der Waals surface area contributed by atoms with Crippen molar-refractivity contribution in [2.75, 3.05) is 6.61 Å². The molecule has 7 nitrogen and oxygen atoms in total. The fourth-order valence-electron chi connectivity index (χ4n) is 8.01. The fraction of sp³-hybridized carbons (Fsp3) is 0.714. The number of halogens is 1. The SMILES string of the molecule is CCC(=O)OCC(=O)[C@@]1(OC(=O)CC)[C@@H](C)C[C@@H]2[C@@H]3CCC4=CC(=O)C=C[C@]4(C)[C@]3(F)[C@@H](O)C[C@@]21C. The number of aliphatic hydroxyl groups is 1. The van der Waals surface area contributed by atoms with E-state index in [2.05, 4.69) is 0 Å². The van der Waals surface area contributed by atoms with Crippen molar-refractivity contribution in [1.82, 2.24) is 0 Å². The number of allylic oxidation sites excluding steroid dienone is 4. The summed E-state index contributed by atoms with van der Waals surface area (Å²) < 4.78 is 28.5. The summed E-state index contributed by atoms with van der Waals surface area (Å²) in [7, 11) is 0. The van der Waals surface area contributed by atoms with E-state index >= 15 is 4.39 Å². The lowest BCUT2D eigenvalue weighted by Crippen LogP contribution is -2.70. The van der Waals surface area contributed by atoms with Gasteiger partial charge in [0.15, 0.2) is 23.7 Å². The lowest BCUT2D eigenvalue weighted by atomic mass is 9.44. The van der Waals surface area contributed by atoms with Crippen molar-refractivity contribution in [3.05, 3.63) is 23.8 Å². The standard InChI is InChI=1S/C28H37FO7/c1-6-23(33)35-15-22(32)28(36-24(34)7-2)16(3)12-20-19-9-8-17-13-18(30)10-11-25(17,4)27(19,29)21(31)14-26(20,28)5/h10-11,13,16,19-21,31H,6-9,12,14-15H2,1-5H3/t16-,19-,20+,21-,25-,26-,27+,28-/m0/s1. The van der Waals surface area contributed by atoms with E-state index in [1.54, 1.807) is 33.8 Å². The van der Waals surface area contributed by atoms with Crippen LogP contribution in [0, 0.1) is 28.6 Å². The minimum Gasteiger partial charge on any atom is -0.457 e. The molecule has 0 aromatic rings. The first-order valence-electron chi connectivity index (χ1n) is 13.0. The molecule has 0 spiro atoms. The topological polar surface area (TPSA) is 107 Å². The zero-order chi connectivity index (χ0) is 26.7. The number of hydrogen-bond acceptors (Lipinski definition) is 7. The Morgan fingerprint density at radius 3 is 2.44 bits per heavy atom. The predicted octanol–water partition coefficient (Wildman–Crippen LogP) is 3.82. The number of ketones is 2. The first-order valence-corrected chi connectivity index (χ1v) is 13.0. The Labute approximate surface area is 211 Å². The van der Waals surface area contributed by atoms with E-state index in [0.717, 1.165) is 0 Å². The van der Waals surface area contributed by atoms with E-state index < -0.39 is 64.4 Å². The van der Waals surface area contributed by atoms with Gasteiger partial charge in [0.25, 0.3) is 0 Å². The quantitative estimate of drug-likeness (QED) is 0.548. The van der Waals surface area contributed by atoms with Crippen LogP contribution >= 0.6 is 0 Å². The third kappa shape index (κ3) is 3.39. The van der Waals surface area contributed by atoms with E-state index in [1.165, 1.54) is 12.2 Å². The summed E-state index contributed by atoms with van der Waals surface area (Å²) >= 11 is 0. The zero-order valence-corrected chi connectivity index (χ0v) is 21.8. The first-order chi connectivity index (χ1) is 16.8. The molecule has 0 bridgehead atoms. The maximum absolute atomic E-state index is 17.4. The number of Topliss-reactive ketones (excluding diaryl/α,β-unsaturated/α-hetero) is 1. The molecule has 1 N–H and O–H groups in total. The molecule has 8 heteroatoms. The average Bonchev–Trinajstić information content (AvgIpc) is 3.05. The minimum absolute atomic E-state index is 0.0430. The number of rotatable bonds is 6. The van der Waals surface area contributed by atoms with Gasteiger partial charge in [-0.2, -0.15) is 0 Å². The molecule has 198 valence electrons. The molecule has 0 aliphatic heterocycles. The van der Waals surface area contributed by atoms with Gasteiger partial charge >= 0.3 is 11.9 Å². The van der Waals surface area contributed by atoms with Crippen LogP contribution in [0.3, 0.4) is 0 Å². The van der Waals surface area contributed by atoms with Crippen LogP contribution in [-0.4, -0.2) is 52.6 Å². The van der Waals surface area contributed by atoms with E-state index in [4.69, 9.17) is 9.47 Å². The summed E-state index contributed by atoms with van der Waals surface area (Å²) in [4.78, 5) is 50.3. The van der Waals surface area contributed by atoms with Gasteiger partial charge in [-0.25, -0.2) is 4.39 Å². The summed E-state index contributed by atoms with van der Waals surface area (Å²) in [6.07, 6.45) is 4.32. The van der Waals surface area contributed by atoms with Gasteiger partial charge in [-0.1, -0.05) is 39.3 Å². The second-order valence-electron chi connectivity index (χ2n) is 11.4. The highest BCUT2D eigenvalue weighted by atomic mass is 19.1. The Morgan fingerprint density at radius 1 is 1.14 bits per heavy atom. The molecule has 0 unspecified atom stereocenters. The van der Waals surface area contributed by atoms with Crippen LogP contribution in [0.5, 0.6) is 0 Å². The van der Waals surface area contributed by atoms with Gasteiger partial charge in [-0.3, -0.25) is 19.2 Å². The number of carbonyl (C=O) groups is 4. The molecular formula is C28H37FO7. The van der Waals surface area contributed by atoms with E-state index in [0.29, 0.717) is 24.8 Å². The lowest BCUT2D eigenvalue weighted by Gasteiger charge is -2.62. The number of aliphatic hydroxyl groups excluding tert-OH is 1. The van der Waals surface area contributed by atoms with Crippen LogP contribution < -0.4 is 0 Å². The molecule has 0 heterocycles. The van der Waals surface area contributed by atoms with Crippen molar-refractivity contribution in [3.8, 4) is 0 Å². The Balaban J connectivity index is 1.80. The Bertz CT molecular complexity index is 1050. The molecular weight excluding hydrogens is 467 g/mol. The van der Waals surface area contributed by atoms with Crippen molar-refractivity contribution >= 4 is 23.5 Å². The van der Waals surface area contributed by atoms with Gasteiger partial charge < -0.3 is 14.6 Å². The molecule has 0 saturated heterocycles. The molecule has 0 aromatic carbocycles. The van der Waals surface area contributed by atoms with Gasteiger partial charge in [0.05, 0.1) is 6.10 Å². The molecule has 4 aliphatic rings. The van der Waals surface area contributed by atoms with Gasteiger partial charge in [-0.05, 0) is 50.7 Å². The van der Waals surface area contributed by atoms with Crippen molar-refractivity contribution < 1.29 is 38.1 Å². The summed E-state index contributed by atoms with van der Waals surface area (Å²) in [6, 6.07) is 0. The second kappa shape index (κ2) is 8.89. The molecule has 0 amide bonds. The van der Waals surface area contributed by atoms with Crippen molar-refractivity contribution in [2.45, 2.75) is 90.5 Å². The third-order valence-electron chi connectivity index (χ3n) is 9.81. The molecule has 0 aromatic heterocycles. The largest absolute Gasteiger partial charge is 0.457 e. The van der Waals surface area contributed by atoms with E-state index in [9.17, 15) is 24.3 Å². The zero-order valence-electron chi connectivity index (χ0n) is 21.8. The summed E-state index contributed by atoms with van der Waals surface area (Å²) in [5, 5.41) is 11.5. The maximum Gasteiger partial charge on any atom is 0.306 e. The second-order valence-corrected chi connectivity index (χ2v) is 11.4. The smallest absolute Gasteiger partial charge is 0.306 e. The van der Waals surface area contributed by atoms with Gasteiger partial charge in [-0.15, -0.1) is 0 Å². The number of fused-ring (bicyclic) bond motifs is 5. The Hall–Kier alpha value is -2.35. The fourth-order valence-corrected chi connectivity index (χ4v) is 8.01. The highest BCUT2D eigenvalue weighted by molar-refractivity contribution is 6.01. The average molecular weight is 505 g/mol. The minimum atomic E-state index is -2.05. The van der Waals surface area contributed by atoms with E-state index in [-0.39, 0.29) is 31.0 Å². The van der Waals surface area contributed by atoms with Crippen LogP contribution in [-0.2, 0) is 28.7 Å². The molecule has 36 heavy (non-hydrogen) atoms. The maximum atomic E-state index is 17.4. The Morgan fingerprint density at radius 2 is 1.81 bits per heavy atom. The number of esters is 2. The molecule has 0 radical (unpaired) electrons. The molecule has 3 saturated carbocycles. The number of carbonyl (C=O) groups excluding carboxylic acids is 4. The molecule has 3 fully saturated rings. The number of ether oxygens (including phenoxy) is 2. The van der Waals surface area contributed by atoms with Crippen LogP contribution in [0.2, 0.25) is 0 Å². The molecule has 4 rings (SSSR count). The van der Waals surface area contributed by atoms with E-state index in [1.807, 2.05) is 6.92 Å². The van der Waals surface area contributed by atoms with Gasteiger partial charge in [0, 0.05) is 35.5 Å². The third-order valence-corrected chi connectivity index (χ3v) is 9.81. The predicted molar refractivity (Wildman–Crippen MR) is 128 cm³/mol. The van der Waals surface area contributed by atoms with Crippen molar-refractivity contribution in [2.24, 2.45) is 28.6 Å². The molecule has 8 atom stereocenters. The molecule has 4 aliphatic carbocycles. The Kier molecular flexibility index (Phi) is 6.60. The van der Waals surface area contributed by atoms with Crippen molar-refractivity contribution in [3.63, 3.8) is 0 Å². The monoisotopic (exact) mass is 504 g/mol. The normalized spacial score (nSPS) is 43.1.